The standard InChI is InChI=1S/C18H23N3O2.ClH/c22-17(7-6-14-8-10-19-11-9-14)20-12-16-13-23-18(21-16)15-4-2-1-3-5-15;/h1-5,13-14,19H,6-12H2,(H,20,22);1H. The first-order valence-corrected chi connectivity index (χ1v) is 8.28. The largest absolute Gasteiger partial charge is 0.444 e. The second-order valence-electron chi connectivity index (χ2n) is 6.02. The van der Waals surface area contributed by atoms with Crippen LogP contribution in [0.15, 0.2) is 41.0 Å². The highest BCUT2D eigenvalue weighted by Crippen LogP contribution is 2.19. The number of hydrogen-bond donors (Lipinski definition) is 2. The number of nitrogens with zero attached hydrogens (tertiary/aromatic N) is 1. The maximum atomic E-state index is 12.0. The number of nitrogens with one attached hydrogen (secondary N) is 2. The van der Waals surface area contributed by atoms with Crippen LogP contribution in [0.3, 0.4) is 0 Å². The van der Waals surface area contributed by atoms with Gasteiger partial charge in [0, 0.05) is 12.0 Å². The Morgan fingerprint density at radius 2 is 2.00 bits per heavy atom. The zero-order valence-electron chi connectivity index (χ0n) is 13.7. The molecule has 0 atom stereocenters. The van der Waals surface area contributed by atoms with E-state index in [4.69, 9.17) is 4.42 Å². The van der Waals surface area contributed by atoms with E-state index < -0.39 is 0 Å². The van der Waals surface area contributed by atoms with Crippen molar-refractivity contribution in [3.05, 3.63) is 42.3 Å². The number of carbonyl (C=O) groups is 1. The van der Waals surface area contributed by atoms with Crippen LogP contribution in [-0.2, 0) is 11.3 Å². The van der Waals surface area contributed by atoms with Crippen molar-refractivity contribution in [2.45, 2.75) is 32.2 Å². The van der Waals surface area contributed by atoms with Gasteiger partial charge in [-0.15, -0.1) is 12.4 Å². The van der Waals surface area contributed by atoms with Gasteiger partial charge in [-0.1, -0.05) is 18.2 Å². The number of aromatic nitrogens is 1. The molecule has 0 radical (unpaired) electrons. The fraction of sp³-hybridized carbons (Fsp3) is 0.444. The third-order valence-corrected chi connectivity index (χ3v) is 4.28. The van der Waals surface area contributed by atoms with Gasteiger partial charge in [0.2, 0.25) is 11.8 Å². The van der Waals surface area contributed by atoms with E-state index in [0.29, 0.717) is 24.8 Å². The fourth-order valence-electron chi connectivity index (χ4n) is 2.88. The Balaban J connectivity index is 0.00000208. The summed E-state index contributed by atoms with van der Waals surface area (Å²) in [6.07, 6.45) is 5.53. The van der Waals surface area contributed by atoms with Gasteiger partial charge >= 0.3 is 0 Å². The molecule has 6 heteroatoms. The molecule has 2 aromatic rings. The van der Waals surface area contributed by atoms with Crippen LogP contribution in [0.5, 0.6) is 0 Å². The lowest BCUT2D eigenvalue weighted by Crippen LogP contribution is -2.29. The van der Waals surface area contributed by atoms with Crippen LogP contribution in [-0.4, -0.2) is 24.0 Å². The predicted octanol–water partition coefficient (Wildman–Crippen LogP) is 3.16. The molecule has 3 rings (SSSR count). The number of oxazole rings is 1. The molecule has 2 heterocycles. The van der Waals surface area contributed by atoms with Crippen molar-refractivity contribution in [3.63, 3.8) is 0 Å². The van der Waals surface area contributed by atoms with Crippen LogP contribution in [0.1, 0.15) is 31.4 Å². The third kappa shape index (κ3) is 5.35. The number of piperidine rings is 1. The number of benzene rings is 1. The summed E-state index contributed by atoms with van der Waals surface area (Å²) in [6.45, 7) is 2.57. The molecule has 0 spiro atoms. The summed E-state index contributed by atoms with van der Waals surface area (Å²) in [7, 11) is 0. The van der Waals surface area contributed by atoms with Crippen LogP contribution < -0.4 is 10.6 Å². The van der Waals surface area contributed by atoms with Crippen molar-refractivity contribution < 1.29 is 9.21 Å². The van der Waals surface area contributed by atoms with E-state index in [1.54, 1.807) is 6.26 Å². The number of halogens is 1. The maximum absolute atomic E-state index is 12.0. The first-order chi connectivity index (χ1) is 11.3. The number of amides is 1. The zero-order chi connectivity index (χ0) is 15.9. The van der Waals surface area contributed by atoms with Gasteiger partial charge in [-0.2, -0.15) is 0 Å². The molecule has 0 bridgehead atoms. The van der Waals surface area contributed by atoms with Gasteiger partial charge in [0.25, 0.3) is 0 Å². The second-order valence-corrected chi connectivity index (χ2v) is 6.02. The zero-order valence-corrected chi connectivity index (χ0v) is 14.5. The van der Waals surface area contributed by atoms with E-state index in [0.717, 1.165) is 30.8 Å². The normalized spacial score (nSPS) is 14.8. The molecule has 1 aliphatic heterocycles. The lowest BCUT2D eigenvalue weighted by atomic mass is 9.93. The lowest BCUT2D eigenvalue weighted by molar-refractivity contribution is -0.121. The number of carbonyl (C=O) groups excluding carboxylic acids is 1. The van der Waals surface area contributed by atoms with Crippen LogP contribution in [0.4, 0.5) is 0 Å². The van der Waals surface area contributed by atoms with Crippen LogP contribution in [0.25, 0.3) is 11.5 Å². The average molecular weight is 350 g/mol. The second kappa shape index (κ2) is 9.45. The van der Waals surface area contributed by atoms with Crippen molar-refractivity contribution in [2.75, 3.05) is 13.1 Å². The first kappa shape index (κ1) is 18.5. The van der Waals surface area contributed by atoms with Gasteiger partial charge in [0.1, 0.15) is 6.26 Å². The first-order valence-electron chi connectivity index (χ1n) is 8.28. The van der Waals surface area contributed by atoms with Gasteiger partial charge in [-0.05, 0) is 50.4 Å². The molecular formula is C18H24ClN3O2. The Hall–Kier alpha value is -1.85. The minimum absolute atomic E-state index is 0. The SMILES string of the molecule is Cl.O=C(CCC1CCNCC1)NCc1coc(-c2ccccc2)n1. The van der Waals surface area contributed by atoms with Crippen molar-refractivity contribution in [2.24, 2.45) is 5.92 Å². The Labute approximate surface area is 148 Å². The molecule has 1 aliphatic rings. The van der Waals surface area contributed by atoms with Crippen molar-refractivity contribution in [1.82, 2.24) is 15.6 Å². The van der Waals surface area contributed by atoms with Gasteiger partial charge in [-0.3, -0.25) is 4.79 Å². The number of hydrogen-bond acceptors (Lipinski definition) is 4. The summed E-state index contributed by atoms with van der Waals surface area (Å²) >= 11 is 0. The van der Waals surface area contributed by atoms with E-state index >= 15 is 0 Å². The summed E-state index contributed by atoms with van der Waals surface area (Å²) in [5.41, 5.74) is 1.69. The smallest absolute Gasteiger partial charge is 0.226 e. The fourth-order valence-corrected chi connectivity index (χ4v) is 2.88. The van der Waals surface area contributed by atoms with Gasteiger partial charge in [0.05, 0.1) is 12.2 Å². The molecule has 1 fully saturated rings. The van der Waals surface area contributed by atoms with Gasteiger partial charge < -0.3 is 15.1 Å². The van der Waals surface area contributed by atoms with Crippen molar-refractivity contribution >= 4 is 18.3 Å². The Morgan fingerprint density at radius 3 is 2.75 bits per heavy atom. The monoisotopic (exact) mass is 349 g/mol. The summed E-state index contributed by atoms with van der Waals surface area (Å²) in [6, 6.07) is 9.75. The molecule has 1 amide bonds. The molecule has 24 heavy (non-hydrogen) atoms. The predicted molar refractivity (Wildman–Crippen MR) is 95.9 cm³/mol. The van der Waals surface area contributed by atoms with Gasteiger partial charge in [0.15, 0.2) is 0 Å². The lowest BCUT2D eigenvalue weighted by Gasteiger charge is -2.22. The summed E-state index contributed by atoms with van der Waals surface area (Å²) in [5.74, 6) is 1.36. The molecular weight excluding hydrogens is 326 g/mol. The maximum Gasteiger partial charge on any atom is 0.226 e. The highest BCUT2D eigenvalue weighted by molar-refractivity contribution is 5.85. The minimum atomic E-state index is 0. The van der Waals surface area contributed by atoms with E-state index in [2.05, 4.69) is 15.6 Å². The van der Waals surface area contributed by atoms with Gasteiger partial charge in [-0.25, -0.2) is 4.98 Å². The molecule has 0 saturated carbocycles. The highest BCUT2D eigenvalue weighted by atomic mass is 35.5. The molecule has 0 aliphatic carbocycles. The van der Waals surface area contributed by atoms with Crippen LogP contribution in [0.2, 0.25) is 0 Å². The van der Waals surface area contributed by atoms with Crippen LogP contribution in [0, 0.1) is 5.92 Å². The Morgan fingerprint density at radius 1 is 1.25 bits per heavy atom. The number of rotatable bonds is 6. The third-order valence-electron chi connectivity index (χ3n) is 4.28. The van der Waals surface area contributed by atoms with E-state index in [-0.39, 0.29) is 18.3 Å². The average Bonchev–Trinajstić information content (AvgIpc) is 3.09. The molecule has 1 aromatic carbocycles. The Kier molecular flexibility index (Phi) is 7.28. The molecule has 1 saturated heterocycles. The topological polar surface area (TPSA) is 67.2 Å². The summed E-state index contributed by atoms with van der Waals surface area (Å²) in [5, 5.41) is 6.27. The van der Waals surface area contributed by atoms with Crippen molar-refractivity contribution in [1.29, 1.82) is 0 Å². The quantitative estimate of drug-likeness (QED) is 0.840. The Bertz CT molecular complexity index is 624. The molecule has 1 aromatic heterocycles. The minimum Gasteiger partial charge on any atom is -0.444 e. The van der Waals surface area contributed by atoms with E-state index in [1.807, 2.05) is 30.3 Å². The summed E-state index contributed by atoms with van der Waals surface area (Å²) < 4.78 is 5.47. The molecule has 2 N–H and O–H groups in total. The molecule has 5 nitrogen and oxygen atoms in total. The van der Waals surface area contributed by atoms with Crippen LogP contribution >= 0.6 is 12.4 Å². The summed E-state index contributed by atoms with van der Waals surface area (Å²) in [4.78, 5) is 16.4. The highest BCUT2D eigenvalue weighted by Gasteiger charge is 2.14. The van der Waals surface area contributed by atoms with Crippen molar-refractivity contribution in [3.8, 4) is 11.5 Å². The molecule has 0 unspecified atom stereocenters. The van der Waals surface area contributed by atoms with E-state index in [9.17, 15) is 4.79 Å². The molecule has 130 valence electrons. The van der Waals surface area contributed by atoms with E-state index in [1.165, 1.54) is 12.8 Å².